The van der Waals surface area contributed by atoms with E-state index in [1.807, 2.05) is 10.3 Å². The fraction of sp³-hybridized carbons (Fsp3) is 0.400. The van der Waals surface area contributed by atoms with E-state index in [9.17, 15) is 30.5 Å². The highest BCUT2D eigenvalue weighted by Crippen LogP contribution is 2.38. The third kappa shape index (κ3) is 6.90. The van der Waals surface area contributed by atoms with Crippen molar-refractivity contribution in [2.45, 2.75) is 49.9 Å². The van der Waals surface area contributed by atoms with Gasteiger partial charge in [0, 0.05) is 53.8 Å². The molecule has 2 aromatic heterocycles. The highest BCUT2D eigenvalue weighted by Gasteiger charge is 2.30. The predicted octanol–water partition coefficient (Wildman–Crippen LogP) is 6.09. The van der Waals surface area contributed by atoms with E-state index in [1.165, 1.54) is 23.6 Å². The number of likely N-dealkylation sites (tertiary alicyclic amines) is 1. The van der Waals surface area contributed by atoms with Crippen LogP contribution >= 0.6 is 22.9 Å². The minimum atomic E-state index is -4.53. The zero-order valence-electron chi connectivity index (χ0n) is 21.2. The summed E-state index contributed by atoms with van der Waals surface area (Å²) < 4.78 is 87.1. The minimum Gasteiger partial charge on any atom is -0.748 e. The van der Waals surface area contributed by atoms with E-state index >= 15 is 0 Å². The van der Waals surface area contributed by atoms with Crippen molar-refractivity contribution in [3.8, 4) is 0 Å². The molecule has 0 aliphatic carbocycles. The maximum absolute atomic E-state index is 13.2. The zero-order valence-corrected chi connectivity index (χ0v) is 23.6. The SMILES string of the molecule is O=S(=O)([O-])Cc1cccc(Cl)c1[C@H]1CC(c2csc(C3CCN(C=Cn4nc(C(F)F)cc4C(F)F)CC3)n2)=NO1. The Morgan fingerprint density at radius 3 is 2.61 bits per heavy atom. The van der Waals surface area contributed by atoms with Crippen LogP contribution in [0.5, 0.6) is 0 Å². The van der Waals surface area contributed by atoms with Gasteiger partial charge in [-0.05, 0) is 30.5 Å². The molecule has 1 aromatic carbocycles. The van der Waals surface area contributed by atoms with Gasteiger partial charge in [-0.25, -0.2) is 35.6 Å². The molecule has 16 heteroatoms. The molecule has 1 saturated heterocycles. The molecule has 0 spiro atoms. The third-order valence-corrected chi connectivity index (χ3v) is 8.81. The Morgan fingerprint density at radius 2 is 1.93 bits per heavy atom. The van der Waals surface area contributed by atoms with Crippen LogP contribution in [-0.4, -0.2) is 51.4 Å². The van der Waals surface area contributed by atoms with Crippen molar-refractivity contribution < 1.29 is 35.4 Å². The highest BCUT2D eigenvalue weighted by molar-refractivity contribution is 7.84. The number of rotatable bonds is 9. The molecule has 0 radical (unpaired) electrons. The molecule has 0 saturated carbocycles. The van der Waals surface area contributed by atoms with Gasteiger partial charge in [-0.2, -0.15) is 5.10 Å². The van der Waals surface area contributed by atoms with Crippen LogP contribution in [-0.2, 0) is 20.7 Å². The van der Waals surface area contributed by atoms with Crippen LogP contribution < -0.4 is 0 Å². The van der Waals surface area contributed by atoms with Crippen molar-refractivity contribution in [2.24, 2.45) is 5.16 Å². The number of aromatic nitrogens is 3. The van der Waals surface area contributed by atoms with E-state index in [2.05, 4.69) is 10.3 Å². The van der Waals surface area contributed by atoms with E-state index in [4.69, 9.17) is 21.4 Å². The number of nitrogens with zero attached hydrogens (tertiary/aromatic N) is 5. The first-order valence-electron chi connectivity index (χ1n) is 12.5. The van der Waals surface area contributed by atoms with E-state index in [0.717, 1.165) is 22.5 Å². The zero-order chi connectivity index (χ0) is 29.3. The highest BCUT2D eigenvalue weighted by atomic mass is 35.5. The molecule has 1 fully saturated rings. The van der Waals surface area contributed by atoms with Crippen molar-refractivity contribution in [1.29, 1.82) is 0 Å². The second-order valence-electron chi connectivity index (χ2n) is 9.57. The Hall–Kier alpha value is -3.01. The van der Waals surface area contributed by atoms with E-state index in [1.54, 1.807) is 18.3 Å². The summed E-state index contributed by atoms with van der Waals surface area (Å²) in [5.74, 6) is -0.555. The van der Waals surface area contributed by atoms with Gasteiger partial charge in [0.25, 0.3) is 12.9 Å². The number of halogens is 5. The lowest BCUT2D eigenvalue weighted by atomic mass is 9.97. The number of piperidine rings is 1. The van der Waals surface area contributed by atoms with Crippen LogP contribution in [0, 0.1) is 0 Å². The first-order valence-corrected chi connectivity index (χ1v) is 15.3. The lowest BCUT2D eigenvalue weighted by Crippen LogP contribution is -2.28. The van der Waals surface area contributed by atoms with E-state index < -0.39 is 46.2 Å². The fourth-order valence-electron chi connectivity index (χ4n) is 4.82. The van der Waals surface area contributed by atoms with Gasteiger partial charge in [0.1, 0.15) is 17.1 Å². The normalized spacial score (nSPS) is 18.6. The predicted molar refractivity (Wildman–Crippen MR) is 143 cm³/mol. The molecule has 5 rings (SSSR count). The molecular formula is C25H23ClF4N5O4S2-. The van der Waals surface area contributed by atoms with Crippen LogP contribution in [0.4, 0.5) is 17.6 Å². The number of alkyl halides is 4. The Bertz CT molecular complexity index is 1570. The van der Waals surface area contributed by atoms with Crippen molar-refractivity contribution in [1.82, 2.24) is 19.7 Å². The van der Waals surface area contributed by atoms with Crippen LogP contribution in [0.25, 0.3) is 6.20 Å². The summed E-state index contributed by atoms with van der Waals surface area (Å²) in [6.07, 6.45) is -1.93. The van der Waals surface area contributed by atoms with Crippen molar-refractivity contribution in [2.75, 3.05) is 13.1 Å². The summed E-state index contributed by atoms with van der Waals surface area (Å²) in [7, 11) is -4.53. The lowest BCUT2D eigenvalue weighted by Gasteiger charge is -2.30. The molecule has 41 heavy (non-hydrogen) atoms. The summed E-state index contributed by atoms with van der Waals surface area (Å²) in [5.41, 5.74) is 0.586. The first-order chi connectivity index (χ1) is 19.5. The summed E-state index contributed by atoms with van der Waals surface area (Å²) in [5, 5.41) is 10.8. The fourth-order valence-corrected chi connectivity index (χ4v) is 6.77. The van der Waals surface area contributed by atoms with Gasteiger partial charge in [-0.3, -0.25) is 0 Å². The molecule has 1 atom stereocenters. The number of oxime groups is 1. The number of benzene rings is 1. The maximum atomic E-state index is 13.2. The summed E-state index contributed by atoms with van der Waals surface area (Å²) in [6.45, 7) is 1.21. The molecule has 9 nitrogen and oxygen atoms in total. The first kappa shape index (κ1) is 29.5. The van der Waals surface area contributed by atoms with E-state index in [-0.39, 0.29) is 16.5 Å². The Morgan fingerprint density at radius 1 is 1.17 bits per heavy atom. The van der Waals surface area contributed by atoms with Gasteiger partial charge < -0.3 is 14.3 Å². The number of thiazole rings is 1. The standard InChI is InChI=1S/C25H24ClF4N5O4S2/c26-16-3-1-2-15(13-41(36,37)38)22(16)21-11-17(33-39-21)19-12-40-25(31-19)14-4-6-34(7-5-14)8-9-35-20(24(29)30)10-18(32-35)23(27)28/h1-3,8-10,12,14,21,23-24H,4-7,11,13H2,(H,36,37,38)/p-1/t21-/m1/s1. The Balaban J connectivity index is 1.20. The van der Waals surface area contributed by atoms with E-state index in [0.29, 0.717) is 42.5 Å². The number of hydrogen-bond acceptors (Lipinski definition) is 9. The van der Waals surface area contributed by atoms with Crippen LogP contribution in [0.3, 0.4) is 0 Å². The largest absolute Gasteiger partial charge is 0.748 e. The van der Waals surface area contributed by atoms with Crippen LogP contribution in [0.2, 0.25) is 5.02 Å². The van der Waals surface area contributed by atoms with Gasteiger partial charge >= 0.3 is 0 Å². The molecule has 2 aliphatic rings. The van der Waals surface area contributed by atoms with Crippen molar-refractivity contribution >= 4 is 45.0 Å². The summed E-state index contributed by atoms with van der Waals surface area (Å²) in [6, 6.07) is 5.39. The van der Waals surface area contributed by atoms with Crippen LogP contribution in [0.15, 0.2) is 41.0 Å². The topological polar surface area (TPSA) is 113 Å². The summed E-state index contributed by atoms with van der Waals surface area (Å²) in [4.78, 5) is 12.2. The van der Waals surface area contributed by atoms with Gasteiger partial charge in [0.15, 0.2) is 6.10 Å². The van der Waals surface area contributed by atoms with Crippen molar-refractivity contribution in [3.05, 3.63) is 74.1 Å². The van der Waals surface area contributed by atoms with Gasteiger partial charge in [-0.1, -0.05) is 28.9 Å². The summed E-state index contributed by atoms with van der Waals surface area (Å²) >= 11 is 7.80. The quantitative estimate of drug-likeness (QED) is 0.207. The Labute approximate surface area is 241 Å². The molecule has 0 unspecified atom stereocenters. The molecule has 0 bridgehead atoms. The molecule has 0 N–H and O–H groups in total. The number of hydrogen-bond donors (Lipinski definition) is 0. The molecule has 2 aliphatic heterocycles. The Kier molecular flexibility index (Phi) is 8.68. The molecule has 3 aromatic rings. The lowest BCUT2D eigenvalue weighted by molar-refractivity contribution is 0.0853. The van der Waals surface area contributed by atoms with Gasteiger partial charge in [-0.15, -0.1) is 11.3 Å². The minimum absolute atomic E-state index is 0.154. The smallest absolute Gasteiger partial charge is 0.282 e. The second-order valence-corrected chi connectivity index (χ2v) is 12.3. The third-order valence-electron chi connectivity index (χ3n) is 6.81. The average Bonchev–Trinajstić information content (AvgIpc) is 3.66. The van der Waals surface area contributed by atoms with Crippen LogP contribution in [0.1, 0.15) is 77.4 Å². The second kappa shape index (κ2) is 12.1. The molecular weight excluding hydrogens is 610 g/mol. The average molecular weight is 633 g/mol. The maximum Gasteiger partial charge on any atom is 0.282 e. The van der Waals surface area contributed by atoms with Gasteiger partial charge in [0.2, 0.25) is 0 Å². The van der Waals surface area contributed by atoms with Gasteiger partial charge in [0.05, 0.1) is 26.6 Å². The molecule has 0 amide bonds. The monoisotopic (exact) mass is 632 g/mol. The molecule has 4 heterocycles. The molecule has 220 valence electrons. The van der Waals surface area contributed by atoms with Crippen molar-refractivity contribution in [3.63, 3.8) is 0 Å².